The predicted molar refractivity (Wildman–Crippen MR) is 146 cm³/mol. The van der Waals surface area contributed by atoms with Crippen LogP contribution in [0.2, 0.25) is 0 Å². The van der Waals surface area contributed by atoms with Crippen LogP contribution in [0.3, 0.4) is 0 Å². The van der Waals surface area contributed by atoms with Crippen LogP contribution < -0.4 is 29.6 Å². The van der Waals surface area contributed by atoms with Gasteiger partial charge in [0.05, 0.1) is 32.6 Å². The van der Waals surface area contributed by atoms with Gasteiger partial charge in [0.2, 0.25) is 5.95 Å². The molecule has 1 atom stereocenters. The molecule has 3 aromatic carbocycles. The van der Waals surface area contributed by atoms with Gasteiger partial charge in [-0.15, -0.1) is 0 Å². The first-order valence-corrected chi connectivity index (χ1v) is 12.3. The van der Waals surface area contributed by atoms with Gasteiger partial charge in [-0.05, 0) is 42.3 Å². The van der Waals surface area contributed by atoms with Crippen LogP contribution in [0.4, 0.5) is 11.6 Å². The zero-order chi connectivity index (χ0) is 27.4. The minimum atomic E-state index is -0.579. The van der Waals surface area contributed by atoms with Gasteiger partial charge in [0.25, 0.3) is 5.91 Å². The lowest BCUT2D eigenvalue weighted by Crippen LogP contribution is -2.31. The van der Waals surface area contributed by atoms with Gasteiger partial charge in [0.1, 0.15) is 30.5 Å². The van der Waals surface area contributed by atoms with Gasteiger partial charge < -0.3 is 29.6 Å². The topological polar surface area (TPSA) is 109 Å². The number of amides is 1. The minimum Gasteiger partial charge on any atom is -0.497 e. The fourth-order valence-electron chi connectivity index (χ4n) is 4.49. The third-order valence-corrected chi connectivity index (χ3v) is 6.44. The first kappa shape index (κ1) is 25.7. The molecule has 200 valence electrons. The van der Waals surface area contributed by atoms with Gasteiger partial charge in [-0.2, -0.15) is 10.1 Å². The molecule has 1 unspecified atom stereocenters. The van der Waals surface area contributed by atoms with E-state index in [0.717, 1.165) is 11.1 Å². The van der Waals surface area contributed by atoms with E-state index < -0.39 is 6.04 Å². The molecule has 1 aliphatic heterocycles. The molecule has 2 heterocycles. The fourth-order valence-corrected chi connectivity index (χ4v) is 4.49. The quantitative estimate of drug-likeness (QED) is 0.319. The van der Waals surface area contributed by atoms with E-state index in [2.05, 4.69) is 20.7 Å². The molecule has 5 rings (SSSR count). The maximum Gasteiger partial charge on any atom is 0.255 e. The molecule has 39 heavy (non-hydrogen) atoms. The lowest BCUT2D eigenvalue weighted by atomic mass is 9.94. The summed E-state index contributed by atoms with van der Waals surface area (Å²) in [5.41, 5.74) is 3.44. The number of aromatic nitrogens is 3. The fraction of sp³-hybridized carbons (Fsp3) is 0.207. The van der Waals surface area contributed by atoms with Gasteiger partial charge in [0, 0.05) is 11.8 Å². The maximum absolute atomic E-state index is 13.8. The average molecular weight is 528 g/mol. The molecule has 0 saturated heterocycles. The van der Waals surface area contributed by atoms with E-state index in [0.29, 0.717) is 52.5 Å². The number of anilines is 2. The van der Waals surface area contributed by atoms with Crippen LogP contribution in [0.5, 0.6) is 23.0 Å². The van der Waals surface area contributed by atoms with Gasteiger partial charge in [0.15, 0.2) is 11.5 Å². The Kier molecular flexibility index (Phi) is 7.35. The SMILES string of the molecule is COc1ccc(NC(=O)C2=C(C)Nc3ncnn3C2c2ccc(OCc3ccccc3)c(OC)c2)c(OC)c1. The molecule has 1 amide bonds. The molecule has 0 radical (unpaired) electrons. The molecule has 2 N–H and O–H groups in total. The molecule has 0 saturated carbocycles. The standard InChI is InChI=1S/C29H29N5O5/c1-18-26(28(35)33-22-12-11-21(36-2)15-24(22)37-3)27(34-29(32-18)30-17-31-34)20-10-13-23(25(14-20)38-4)39-16-19-8-6-5-7-9-19/h5-15,17,27H,16H2,1-4H3,(H,33,35)(H,30,31,32). The molecule has 1 aromatic heterocycles. The number of fused-ring (bicyclic) bond motifs is 1. The number of hydrogen-bond acceptors (Lipinski definition) is 8. The van der Waals surface area contributed by atoms with Crippen LogP contribution in [0.1, 0.15) is 24.1 Å². The number of carbonyl (C=O) groups excluding carboxylic acids is 1. The third-order valence-electron chi connectivity index (χ3n) is 6.44. The van der Waals surface area contributed by atoms with Crippen molar-refractivity contribution in [3.05, 3.63) is 95.5 Å². The van der Waals surface area contributed by atoms with E-state index in [1.807, 2.05) is 55.5 Å². The van der Waals surface area contributed by atoms with Crippen LogP contribution in [-0.4, -0.2) is 42.0 Å². The minimum absolute atomic E-state index is 0.321. The Labute approximate surface area is 226 Å². The van der Waals surface area contributed by atoms with E-state index in [-0.39, 0.29) is 5.91 Å². The Morgan fingerprint density at radius 2 is 1.74 bits per heavy atom. The zero-order valence-electron chi connectivity index (χ0n) is 22.1. The van der Waals surface area contributed by atoms with Crippen molar-refractivity contribution in [1.82, 2.24) is 14.8 Å². The molecule has 1 aliphatic rings. The summed E-state index contributed by atoms with van der Waals surface area (Å²) in [6.07, 6.45) is 1.45. The summed E-state index contributed by atoms with van der Waals surface area (Å²) in [5, 5.41) is 10.6. The summed E-state index contributed by atoms with van der Waals surface area (Å²) in [6, 6.07) is 20.1. The van der Waals surface area contributed by atoms with Gasteiger partial charge in [-0.1, -0.05) is 36.4 Å². The third kappa shape index (κ3) is 5.22. The Morgan fingerprint density at radius 3 is 2.49 bits per heavy atom. The van der Waals surface area contributed by atoms with Crippen LogP contribution >= 0.6 is 0 Å². The number of carbonyl (C=O) groups is 1. The monoisotopic (exact) mass is 527 g/mol. The van der Waals surface area contributed by atoms with Crippen LogP contribution in [-0.2, 0) is 11.4 Å². The number of rotatable bonds is 9. The maximum atomic E-state index is 13.8. The Bertz CT molecular complexity index is 1520. The first-order valence-electron chi connectivity index (χ1n) is 12.3. The Hall–Kier alpha value is -4.99. The summed E-state index contributed by atoms with van der Waals surface area (Å²) < 4.78 is 24.1. The average Bonchev–Trinajstić information content (AvgIpc) is 3.44. The number of allylic oxidation sites excluding steroid dienone is 1. The predicted octanol–water partition coefficient (Wildman–Crippen LogP) is 4.81. The molecule has 0 fully saturated rings. The van der Waals surface area contributed by atoms with Crippen molar-refractivity contribution < 1.29 is 23.7 Å². The van der Waals surface area contributed by atoms with Crippen molar-refractivity contribution in [3.63, 3.8) is 0 Å². The van der Waals surface area contributed by atoms with E-state index >= 15 is 0 Å². The van der Waals surface area contributed by atoms with E-state index in [9.17, 15) is 4.79 Å². The van der Waals surface area contributed by atoms with Crippen molar-refractivity contribution in [2.24, 2.45) is 0 Å². The van der Waals surface area contributed by atoms with Crippen molar-refractivity contribution in [2.75, 3.05) is 32.0 Å². The number of nitrogens with one attached hydrogen (secondary N) is 2. The van der Waals surface area contributed by atoms with Crippen LogP contribution in [0, 0.1) is 0 Å². The van der Waals surface area contributed by atoms with E-state index in [1.165, 1.54) is 13.4 Å². The molecular weight excluding hydrogens is 498 g/mol. The molecule has 0 bridgehead atoms. The normalized spacial score (nSPS) is 14.2. The summed E-state index contributed by atoms with van der Waals surface area (Å²) in [7, 11) is 4.69. The largest absolute Gasteiger partial charge is 0.497 e. The van der Waals surface area contributed by atoms with Crippen LogP contribution in [0.15, 0.2) is 84.3 Å². The van der Waals surface area contributed by atoms with Crippen LogP contribution in [0.25, 0.3) is 0 Å². The molecule has 0 spiro atoms. The summed E-state index contributed by atoms with van der Waals surface area (Å²) >= 11 is 0. The van der Waals surface area contributed by atoms with Crippen molar-refractivity contribution >= 4 is 17.5 Å². The Morgan fingerprint density at radius 1 is 0.949 bits per heavy atom. The highest BCUT2D eigenvalue weighted by atomic mass is 16.5. The zero-order valence-corrected chi connectivity index (χ0v) is 22.1. The Balaban J connectivity index is 1.48. The number of nitrogens with zero attached hydrogens (tertiary/aromatic N) is 3. The lowest BCUT2D eigenvalue weighted by molar-refractivity contribution is -0.113. The number of methoxy groups -OCH3 is 3. The highest BCUT2D eigenvalue weighted by molar-refractivity contribution is 6.06. The highest BCUT2D eigenvalue weighted by Crippen LogP contribution is 2.39. The van der Waals surface area contributed by atoms with E-state index in [1.54, 1.807) is 37.1 Å². The number of hydrogen-bond donors (Lipinski definition) is 2. The van der Waals surface area contributed by atoms with Gasteiger partial charge in [-0.25, -0.2) is 4.68 Å². The second-order valence-corrected chi connectivity index (χ2v) is 8.80. The summed E-state index contributed by atoms with van der Waals surface area (Å²) in [5.74, 6) is 2.43. The molecule has 10 heteroatoms. The molecular formula is C29H29N5O5. The number of ether oxygens (including phenoxy) is 4. The summed E-state index contributed by atoms with van der Waals surface area (Å²) in [4.78, 5) is 18.1. The number of benzene rings is 3. The lowest BCUT2D eigenvalue weighted by Gasteiger charge is -2.29. The van der Waals surface area contributed by atoms with Crippen molar-refractivity contribution in [2.45, 2.75) is 19.6 Å². The smallest absolute Gasteiger partial charge is 0.255 e. The van der Waals surface area contributed by atoms with Gasteiger partial charge in [-0.3, -0.25) is 4.79 Å². The first-order chi connectivity index (χ1) is 19.0. The van der Waals surface area contributed by atoms with E-state index in [4.69, 9.17) is 18.9 Å². The van der Waals surface area contributed by atoms with Crippen molar-refractivity contribution in [3.8, 4) is 23.0 Å². The van der Waals surface area contributed by atoms with Gasteiger partial charge >= 0.3 is 0 Å². The van der Waals surface area contributed by atoms with Crippen molar-refractivity contribution in [1.29, 1.82) is 0 Å². The molecule has 0 aliphatic carbocycles. The highest BCUT2D eigenvalue weighted by Gasteiger charge is 2.34. The summed E-state index contributed by atoms with van der Waals surface area (Å²) in [6.45, 7) is 2.23. The molecule has 4 aromatic rings. The molecule has 10 nitrogen and oxygen atoms in total. The second-order valence-electron chi connectivity index (χ2n) is 8.80. The second kappa shape index (κ2) is 11.2.